The number of carbonyl (C=O) groups excluding carboxylic acids is 1. The van der Waals surface area contributed by atoms with Crippen molar-refractivity contribution in [3.8, 4) is 0 Å². The van der Waals surface area contributed by atoms with Crippen LogP contribution in [0.5, 0.6) is 0 Å². The standard InChI is InChI=1S/C30H40NO4S/c1-5-35-29(32)20-24-11-12-26-22-31(18-17-25(26)19-24,21-23-9-7-6-8-10-23)36(33,34)28-15-13-27(14-16-28)30(2,3)4/h6-10,13-16,20,25-26H,5,11-12,17-19,21-22H2,1-4H3/q+1/b24-20-. The molecule has 4 rings (SSSR count). The van der Waals surface area contributed by atoms with Gasteiger partial charge in [0.1, 0.15) is 11.4 Å². The number of benzene rings is 2. The molecular weight excluding hydrogens is 470 g/mol. The Kier molecular flexibility index (Phi) is 7.77. The van der Waals surface area contributed by atoms with E-state index in [2.05, 4.69) is 20.8 Å². The van der Waals surface area contributed by atoms with Crippen molar-refractivity contribution in [3.63, 3.8) is 0 Å². The fraction of sp³-hybridized carbons (Fsp3) is 0.500. The summed E-state index contributed by atoms with van der Waals surface area (Å²) in [6, 6.07) is 17.5. The van der Waals surface area contributed by atoms with Crippen molar-refractivity contribution in [2.24, 2.45) is 11.8 Å². The summed E-state index contributed by atoms with van der Waals surface area (Å²) in [4.78, 5) is 12.4. The number of likely N-dealkylation sites (tertiary alicyclic amines) is 1. The molecule has 1 saturated carbocycles. The van der Waals surface area contributed by atoms with Crippen molar-refractivity contribution in [2.75, 3.05) is 19.7 Å². The lowest BCUT2D eigenvalue weighted by Crippen LogP contribution is -2.59. The zero-order valence-corrected chi connectivity index (χ0v) is 22.9. The highest BCUT2D eigenvalue weighted by molar-refractivity contribution is 7.86. The van der Waals surface area contributed by atoms with Crippen LogP contribution in [0.1, 0.15) is 64.5 Å². The van der Waals surface area contributed by atoms with Crippen LogP contribution in [0.4, 0.5) is 0 Å². The van der Waals surface area contributed by atoms with Crippen molar-refractivity contribution in [3.05, 3.63) is 77.4 Å². The van der Waals surface area contributed by atoms with Gasteiger partial charge in [0.15, 0.2) is 0 Å². The van der Waals surface area contributed by atoms with Crippen molar-refractivity contribution in [1.82, 2.24) is 0 Å². The highest BCUT2D eigenvalue weighted by Gasteiger charge is 2.50. The smallest absolute Gasteiger partial charge is 0.330 e. The zero-order chi connectivity index (χ0) is 26.0. The van der Waals surface area contributed by atoms with Crippen LogP contribution < -0.4 is 0 Å². The first-order chi connectivity index (χ1) is 17.0. The molecule has 194 valence electrons. The van der Waals surface area contributed by atoms with Crippen molar-refractivity contribution in [2.45, 2.75) is 70.2 Å². The second-order valence-electron chi connectivity index (χ2n) is 11.5. The minimum Gasteiger partial charge on any atom is -0.463 e. The summed E-state index contributed by atoms with van der Waals surface area (Å²) in [5, 5.41) is 0. The van der Waals surface area contributed by atoms with Gasteiger partial charge in [-0.1, -0.05) is 68.8 Å². The molecule has 1 aliphatic heterocycles. The van der Waals surface area contributed by atoms with E-state index in [1.165, 1.54) is 0 Å². The Balaban J connectivity index is 1.64. The maximum absolute atomic E-state index is 14.3. The van der Waals surface area contributed by atoms with E-state index in [4.69, 9.17) is 4.74 Å². The lowest BCUT2D eigenvalue weighted by molar-refractivity contribution is -0.832. The zero-order valence-electron chi connectivity index (χ0n) is 22.1. The molecule has 1 saturated heterocycles. The van der Waals surface area contributed by atoms with Gasteiger partial charge in [-0.25, -0.2) is 8.68 Å². The van der Waals surface area contributed by atoms with E-state index in [9.17, 15) is 13.2 Å². The number of piperidine rings is 1. The minimum absolute atomic E-state index is 0.0339. The van der Waals surface area contributed by atoms with Crippen LogP contribution >= 0.6 is 0 Å². The average Bonchev–Trinajstić information content (AvgIpc) is 2.84. The van der Waals surface area contributed by atoms with Crippen molar-refractivity contribution < 1.29 is 21.8 Å². The van der Waals surface area contributed by atoms with Gasteiger partial charge in [-0.05, 0) is 55.2 Å². The van der Waals surface area contributed by atoms with Gasteiger partial charge in [0.05, 0.1) is 19.7 Å². The molecule has 0 bridgehead atoms. The molecule has 5 nitrogen and oxygen atoms in total. The summed E-state index contributed by atoms with van der Waals surface area (Å²) in [6.07, 6.45) is 5.08. The second-order valence-corrected chi connectivity index (χ2v) is 13.7. The predicted octanol–water partition coefficient (Wildman–Crippen LogP) is 6.00. The van der Waals surface area contributed by atoms with E-state index in [1.54, 1.807) is 18.2 Å². The fourth-order valence-electron chi connectivity index (χ4n) is 5.91. The molecule has 0 N–H and O–H groups in total. The van der Waals surface area contributed by atoms with Crippen LogP contribution in [0.15, 0.2) is 71.1 Å². The Morgan fingerprint density at radius 3 is 2.36 bits per heavy atom. The van der Waals surface area contributed by atoms with E-state index in [0.29, 0.717) is 43.0 Å². The summed E-state index contributed by atoms with van der Waals surface area (Å²) in [6.45, 7) is 10.3. The average molecular weight is 511 g/mol. The number of quaternary nitrogens is 1. The van der Waals surface area contributed by atoms with Crippen LogP contribution in [-0.4, -0.2) is 38.0 Å². The first kappa shape index (κ1) is 26.6. The van der Waals surface area contributed by atoms with Gasteiger partial charge in [0.2, 0.25) is 0 Å². The highest BCUT2D eigenvalue weighted by atomic mass is 32.2. The van der Waals surface area contributed by atoms with Crippen molar-refractivity contribution >= 4 is 16.0 Å². The fourth-order valence-corrected chi connectivity index (χ4v) is 7.88. The molecule has 6 heteroatoms. The molecule has 0 radical (unpaired) electrons. The Hall–Kier alpha value is -2.44. The van der Waals surface area contributed by atoms with Crippen LogP contribution in [-0.2, 0) is 31.5 Å². The molecule has 36 heavy (non-hydrogen) atoms. The molecule has 1 heterocycles. The second kappa shape index (κ2) is 10.5. The Morgan fingerprint density at radius 2 is 1.72 bits per heavy atom. The molecule has 1 aliphatic carbocycles. The van der Waals surface area contributed by atoms with Gasteiger partial charge in [0, 0.05) is 24.0 Å². The number of nitrogens with zero attached hydrogens (tertiary/aromatic N) is 1. The molecule has 2 aromatic carbocycles. The minimum atomic E-state index is -3.63. The maximum Gasteiger partial charge on any atom is 0.330 e. The number of fused-ring (bicyclic) bond motifs is 1. The van der Waals surface area contributed by atoms with Gasteiger partial charge in [-0.2, -0.15) is 8.42 Å². The van der Waals surface area contributed by atoms with Gasteiger partial charge >= 0.3 is 16.0 Å². The summed E-state index contributed by atoms with van der Waals surface area (Å²) < 4.78 is 33.8. The van der Waals surface area contributed by atoms with Gasteiger partial charge in [-0.3, -0.25) is 0 Å². The normalized spacial score (nSPS) is 25.8. The Morgan fingerprint density at radius 1 is 1.03 bits per heavy atom. The number of allylic oxidation sites excluding steroid dienone is 1. The summed E-state index contributed by atoms with van der Waals surface area (Å²) in [7, 11) is -3.63. The molecule has 3 unspecified atom stereocenters. The number of hydrogen-bond acceptors (Lipinski definition) is 4. The summed E-state index contributed by atoms with van der Waals surface area (Å²) >= 11 is 0. The van der Waals surface area contributed by atoms with Crippen LogP contribution in [0.2, 0.25) is 0 Å². The van der Waals surface area contributed by atoms with E-state index in [-0.39, 0.29) is 15.3 Å². The molecule has 0 aromatic heterocycles. The molecule has 0 amide bonds. The third-order valence-electron chi connectivity index (χ3n) is 7.95. The van der Waals surface area contributed by atoms with Crippen LogP contribution in [0.3, 0.4) is 0 Å². The van der Waals surface area contributed by atoms with Gasteiger partial charge in [-0.15, -0.1) is 0 Å². The topological polar surface area (TPSA) is 60.4 Å². The van der Waals surface area contributed by atoms with E-state index in [0.717, 1.165) is 42.4 Å². The van der Waals surface area contributed by atoms with E-state index < -0.39 is 10.0 Å². The number of carbonyl (C=O) groups is 1. The highest BCUT2D eigenvalue weighted by Crippen LogP contribution is 2.44. The molecule has 0 spiro atoms. The van der Waals surface area contributed by atoms with Gasteiger partial charge < -0.3 is 4.74 Å². The monoisotopic (exact) mass is 510 g/mol. The molecule has 2 aliphatic rings. The number of hydrogen-bond donors (Lipinski definition) is 0. The molecule has 2 aromatic rings. The lowest BCUT2D eigenvalue weighted by Gasteiger charge is -2.47. The van der Waals surface area contributed by atoms with Gasteiger partial charge in [0.25, 0.3) is 0 Å². The van der Waals surface area contributed by atoms with Crippen LogP contribution in [0, 0.1) is 11.8 Å². The number of esters is 1. The SMILES string of the molecule is CCOC(=O)/C=C1/CCC2C[N+](Cc3ccccc3)(S(=O)(=O)c3ccc(C(C)(C)C)cc3)CCC2C1. The molecule has 2 fully saturated rings. The Bertz CT molecular complexity index is 1200. The van der Waals surface area contributed by atoms with E-state index in [1.807, 2.05) is 49.4 Å². The summed E-state index contributed by atoms with van der Waals surface area (Å²) in [5.41, 5.74) is 3.28. The number of sulfonamides is 1. The van der Waals surface area contributed by atoms with Crippen LogP contribution in [0.25, 0.3) is 0 Å². The first-order valence-electron chi connectivity index (χ1n) is 13.2. The van der Waals surface area contributed by atoms with E-state index >= 15 is 0 Å². The summed E-state index contributed by atoms with van der Waals surface area (Å²) in [5.74, 6) is 0.447. The Labute approximate surface area is 216 Å². The third kappa shape index (κ3) is 5.60. The van der Waals surface area contributed by atoms with Crippen molar-refractivity contribution in [1.29, 1.82) is 0 Å². The lowest BCUT2D eigenvalue weighted by atomic mass is 9.73. The third-order valence-corrected chi connectivity index (χ3v) is 10.3. The first-order valence-corrected chi connectivity index (χ1v) is 14.6. The molecule has 3 atom stereocenters. The largest absolute Gasteiger partial charge is 0.463 e. The molecular formula is C30H40NO4S+. The predicted molar refractivity (Wildman–Crippen MR) is 143 cm³/mol. The quantitative estimate of drug-likeness (QED) is 0.272. The number of rotatable bonds is 6. The number of ether oxygens (including phenoxy) is 1. The maximum atomic E-state index is 14.3.